The normalized spacial score (nSPS) is 20.9. The summed E-state index contributed by atoms with van der Waals surface area (Å²) < 4.78 is 5.42. The molecule has 1 atom stereocenters. The van der Waals surface area contributed by atoms with Crippen molar-refractivity contribution in [3.63, 3.8) is 0 Å². The van der Waals surface area contributed by atoms with Gasteiger partial charge >= 0.3 is 6.01 Å². The van der Waals surface area contributed by atoms with Crippen LogP contribution >= 0.6 is 0 Å². The number of hydrogen-bond acceptors (Lipinski definition) is 6. The van der Waals surface area contributed by atoms with Gasteiger partial charge in [-0.15, -0.1) is 0 Å². The Labute approximate surface area is 127 Å². The lowest BCUT2D eigenvalue weighted by Crippen LogP contribution is -2.32. The summed E-state index contributed by atoms with van der Waals surface area (Å²) in [4.78, 5) is 13.0. The van der Waals surface area contributed by atoms with Gasteiger partial charge in [-0.2, -0.15) is 15.0 Å². The van der Waals surface area contributed by atoms with E-state index in [9.17, 15) is 0 Å². The highest BCUT2D eigenvalue weighted by Crippen LogP contribution is 2.36. The second kappa shape index (κ2) is 6.91. The Hall–Kier alpha value is -1.59. The molecule has 1 aliphatic rings. The Morgan fingerprint density at radius 2 is 1.95 bits per heavy atom. The van der Waals surface area contributed by atoms with Crippen molar-refractivity contribution in [2.45, 2.75) is 59.4 Å². The first-order valence-electron chi connectivity index (χ1n) is 7.91. The second-order valence-corrected chi connectivity index (χ2v) is 6.33. The van der Waals surface area contributed by atoms with E-state index >= 15 is 0 Å². The van der Waals surface area contributed by atoms with Crippen molar-refractivity contribution in [2.75, 3.05) is 23.8 Å². The van der Waals surface area contributed by atoms with Crippen molar-refractivity contribution >= 4 is 11.9 Å². The van der Waals surface area contributed by atoms with Gasteiger partial charge in [-0.05, 0) is 38.5 Å². The molecule has 6 heteroatoms. The molecule has 1 aliphatic carbocycles. The Kier molecular flexibility index (Phi) is 5.20. The summed E-state index contributed by atoms with van der Waals surface area (Å²) in [5, 5.41) is 6.57. The van der Waals surface area contributed by atoms with Gasteiger partial charge in [-0.1, -0.05) is 20.3 Å². The SMILES string of the molecule is CCNc1nc(NC2CCCC(C)(C)C2)nc(OCC)n1. The maximum Gasteiger partial charge on any atom is 0.323 e. The smallest absolute Gasteiger partial charge is 0.323 e. The van der Waals surface area contributed by atoms with E-state index in [-0.39, 0.29) is 0 Å². The van der Waals surface area contributed by atoms with Gasteiger partial charge in [0, 0.05) is 12.6 Å². The van der Waals surface area contributed by atoms with Crippen molar-refractivity contribution in [3.8, 4) is 6.01 Å². The molecule has 6 nitrogen and oxygen atoms in total. The number of hydrogen-bond donors (Lipinski definition) is 2. The lowest BCUT2D eigenvalue weighted by atomic mass is 9.75. The third kappa shape index (κ3) is 4.72. The summed E-state index contributed by atoms with van der Waals surface area (Å²) in [7, 11) is 0. The minimum atomic E-state index is 0.376. The molecular weight excluding hydrogens is 266 g/mol. The third-order valence-electron chi connectivity index (χ3n) is 3.76. The van der Waals surface area contributed by atoms with Crippen molar-refractivity contribution < 1.29 is 4.74 Å². The van der Waals surface area contributed by atoms with E-state index in [2.05, 4.69) is 39.4 Å². The zero-order valence-corrected chi connectivity index (χ0v) is 13.6. The van der Waals surface area contributed by atoms with Gasteiger partial charge in [-0.25, -0.2) is 0 Å². The van der Waals surface area contributed by atoms with Crippen molar-refractivity contribution in [1.29, 1.82) is 0 Å². The van der Waals surface area contributed by atoms with Gasteiger partial charge < -0.3 is 15.4 Å². The molecular formula is C15H27N5O. The van der Waals surface area contributed by atoms with Gasteiger partial charge in [0.25, 0.3) is 0 Å². The van der Waals surface area contributed by atoms with Gasteiger partial charge in [0.2, 0.25) is 11.9 Å². The molecule has 0 spiro atoms. The van der Waals surface area contributed by atoms with Crippen LogP contribution in [0.3, 0.4) is 0 Å². The quantitative estimate of drug-likeness (QED) is 0.840. The molecule has 1 aromatic rings. The molecule has 0 saturated heterocycles. The minimum absolute atomic E-state index is 0.376. The molecule has 0 aromatic carbocycles. The number of aromatic nitrogens is 3. The molecule has 1 fully saturated rings. The second-order valence-electron chi connectivity index (χ2n) is 6.33. The van der Waals surface area contributed by atoms with Crippen LogP contribution in [0, 0.1) is 5.41 Å². The summed E-state index contributed by atoms with van der Waals surface area (Å²) in [5.41, 5.74) is 0.385. The number of ether oxygens (including phenoxy) is 1. The fourth-order valence-electron chi connectivity index (χ4n) is 2.86. The zero-order valence-electron chi connectivity index (χ0n) is 13.6. The lowest BCUT2D eigenvalue weighted by molar-refractivity contribution is 0.229. The van der Waals surface area contributed by atoms with Gasteiger partial charge in [0.05, 0.1) is 6.61 Å². The standard InChI is InChI=1S/C15H27N5O/c1-5-16-12-18-13(20-14(19-12)21-6-2)17-11-8-7-9-15(3,4)10-11/h11H,5-10H2,1-4H3,(H2,16,17,18,19,20). The van der Waals surface area contributed by atoms with Crippen molar-refractivity contribution in [2.24, 2.45) is 5.41 Å². The van der Waals surface area contributed by atoms with Crippen LogP contribution in [0.25, 0.3) is 0 Å². The Bertz CT molecular complexity index is 439. The molecule has 1 heterocycles. The van der Waals surface area contributed by atoms with Crippen LogP contribution in [0.2, 0.25) is 0 Å². The predicted octanol–water partition coefficient (Wildman–Crippen LogP) is 3.08. The van der Waals surface area contributed by atoms with E-state index in [1.165, 1.54) is 12.8 Å². The summed E-state index contributed by atoms with van der Waals surface area (Å²) in [6.45, 7) is 9.90. The largest absolute Gasteiger partial charge is 0.464 e. The van der Waals surface area contributed by atoms with Gasteiger partial charge in [-0.3, -0.25) is 0 Å². The maximum absolute atomic E-state index is 5.42. The van der Waals surface area contributed by atoms with E-state index in [0.29, 0.717) is 36.0 Å². The highest BCUT2D eigenvalue weighted by atomic mass is 16.5. The summed E-state index contributed by atoms with van der Waals surface area (Å²) in [5.74, 6) is 1.17. The molecule has 1 saturated carbocycles. The fraction of sp³-hybridized carbons (Fsp3) is 0.800. The van der Waals surface area contributed by atoms with Crippen LogP contribution in [0.5, 0.6) is 6.01 Å². The number of nitrogens with one attached hydrogen (secondary N) is 2. The van der Waals surface area contributed by atoms with E-state index < -0.39 is 0 Å². The monoisotopic (exact) mass is 293 g/mol. The van der Waals surface area contributed by atoms with E-state index in [4.69, 9.17) is 4.74 Å². The molecule has 0 bridgehead atoms. The Morgan fingerprint density at radius 1 is 1.19 bits per heavy atom. The molecule has 2 rings (SSSR count). The van der Waals surface area contributed by atoms with Crippen LogP contribution < -0.4 is 15.4 Å². The van der Waals surface area contributed by atoms with Crippen LogP contribution in [0.15, 0.2) is 0 Å². The van der Waals surface area contributed by atoms with E-state index in [1.54, 1.807) is 0 Å². The highest BCUT2D eigenvalue weighted by molar-refractivity contribution is 5.36. The number of nitrogens with zero attached hydrogens (tertiary/aromatic N) is 3. The lowest BCUT2D eigenvalue weighted by Gasteiger charge is -2.35. The molecule has 0 amide bonds. The number of anilines is 2. The Morgan fingerprint density at radius 3 is 2.62 bits per heavy atom. The molecule has 0 aliphatic heterocycles. The first kappa shape index (κ1) is 15.8. The van der Waals surface area contributed by atoms with E-state index in [0.717, 1.165) is 19.4 Å². The molecule has 118 valence electrons. The minimum Gasteiger partial charge on any atom is -0.464 e. The highest BCUT2D eigenvalue weighted by Gasteiger charge is 2.28. The van der Waals surface area contributed by atoms with Crippen LogP contribution in [0.1, 0.15) is 53.4 Å². The summed E-state index contributed by atoms with van der Waals surface area (Å²) >= 11 is 0. The maximum atomic E-state index is 5.42. The van der Waals surface area contributed by atoms with Crippen molar-refractivity contribution in [3.05, 3.63) is 0 Å². The first-order chi connectivity index (χ1) is 10.0. The zero-order chi connectivity index (χ0) is 15.3. The van der Waals surface area contributed by atoms with Crippen LogP contribution in [-0.2, 0) is 0 Å². The molecule has 21 heavy (non-hydrogen) atoms. The summed E-state index contributed by atoms with van der Waals surface area (Å²) in [6, 6.07) is 0.793. The summed E-state index contributed by atoms with van der Waals surface area (Å²) in [6.07, 6.45) is 4.83. The van der Waals surface area contributed by atoms with Crippen LogP contribution in [0.4, 0.5) is 11.9 Å². The van der Waals surface area contributed by atoms with Crippen LogP contribution in [-0.4, -0.2) is 34.1 Å². The van der Waals surface area contributed by atoms with E-state index in [1.807, 2.05) is 13.8 Å². The molecule has 1 aromatic heterocycles. The Balaban J connectivity index is 2.10. The average molecular weight is 293 g/mol. The predicted molar refractivity (Wildman–Crippen MR) is 84.8 cm³/mol. The topological polar surface area (TPSA) is 72.0 Å². The molecule has 2 N–H and O–H groups in total. The third-order valence-corrected chi connectivity index (χ3v) is 3.76. The number of rotatable bonds is 6. The fourth-order valence-corrected chi connectivity index (χ4v) is 2.86. The molecule has 0 radical (unpaired) electrons. The molecule has 1 unspecified atom stereocenters. The van der Waals surface area contributed by atoms with Gasteiger partial charge in [0.1, 0.15) is 0 Å². The van der Waals surface area contributed by atoms with Crippen molar-refractivity contribution in [1.82, 2.24) is 15.0 Å². The first-order valence-corrected chi connectivity index (χ1v) is 7.91. The van der Waals surface area contributed by atoms with Gasteiger partial charge in [0.15, 0.2) is 0 Å². The average Bonchev–Trinajstić information content (AvgIpc) is 2.38.